The molecule has 10 heteroatoms. The number of benzene rings is 3. The van der Waals surface area contributed by atoms with Crippen LogP contribution in [-0.2, 0) is 32.6 Å². The van der Waals surface area contributed by atoms with Gasteiger partial charge in [-0.3, -0.25) is 13.9 Å². The first kappa shape index (κ1) is 28.5. The van der Waals surface area contributed by atoms with Gasteiger partial charge in [0.15, 0.2) is 0 Å². The van der Waals surface area contributed by atoms with Crippen molar-refractivity contribution < 1.29 is 18.0 Å². The summed E-state index contributed by atoms with van der Waals surface area (Å²) in [5.41, 5.74) is 2.54. The van der Waals surface area contributed by atoms with Crippen molar-refractivity contribution in [3.8, 4) is 0 Å². The second-order valence-corrected chi connectivity index (χ2v) is 11.4. The smallest absolute Gasteiger partial charge is 0.244 e. The highest BCUT2D eigenvalue weighted by Crippen LogP contribution is 2.27. The largest absolute Gasteiger partial charge is 0.357 e. The zero-order valence-electron chi connectivity index (χ0n) is 20.8. The van der Waals surface area contributed by atoms with Crippen LogP contribution in [0.15, 0.2) is 72.8 Å². The van der Waals surface area contributed by atoms with Crippen LogP contribution >= 0.6 is 23.2 Å². The van der Waals surface area contributed by atoms with Crippen molar-refractivity contribution in [1.82, 2.24) is 10.2 Å². The third-order valence-corrected chi connectivity index (χ3v) is 7.52. The molecule has 0 fully saturated rings. The topological polar surface area (TPSA) is 86.8 Å². The number of rotatable bonds is 10. The molecule has 1 N–H and O–H groups in total. The SMILES string of the molecule is CNC(=O)[C@H](Cc1ccccc1)N(Cc1ccc(Cl)cc1)C(=O)CN(c1cc(Cl)ccc1C)S(C)(=O)=O. The Bertz CT molecular complexity index is 1350. The third-order valence-electron chi connectivity index (χ3n) is 5.90. The number of nitrogens with zero attached hydrogens (tertiary/aromatic N) is 2. The molecule has 0 saturated carbocycles. The Labute approximate surface area is 228 Å². The quantitative estimate of drug-likeness (QED) is 0.396. The van der Waals surface area contributed by atoms with E-state index in [-0.39, 0.29) is 18.9 Å². The minimum Gasteiger partial charge on any atom is -0.357 e. The Balaban J connectivity index is 2.04. The molecule has 3 aromatic carbocycles. The molecule has 0 spiro atoms. The van der Waals surface area contributed by atoms with Crippen LogP contribution in [-0.4, -0.2) is 51.0 Å². The van der Waals surface area contributed by atoms with Gasteiger partial charge in [0, 0.05) is 30.1 Å². The molecule has 0 heterocycles. The highest BCUT2D eigenvalue weighted by Gasteiger charge is 2.33. The Hall–Kier alpha value is -3.07. The molecule has 1 atom stereocenters. The van der Waals surface area contributed by atoms with Gasteiger partial charge in [0.2, 0.25) is 21.8 Å². The van der Waals surface area contributed by atoms with Crippen molar-refractivity contribution in [3.05, 3.63) is 99.5 Å². The molecular weight excluding hydrogens is 533 g/mol. The summed E-state index contributed by atoms with van der Waals surface area (Å²) < 4.78 is 26.7. The van der Waals surface area contributed by atoms with E-state index in [1.807, 2.05) is 30.3 Å². The molecule has 3 aromatic rings. The van der Waals surface area contributed by atoms with E-state index in [1.165, 1.54) is 18.0 Å². The molecule has 0 aliphatic carbocycles. The molecule has 0 saturated heterocycles. The first-order valence-corrected chi connectivity index (χ1v) is 14.1. The summed E-state index contributed by atoms with van der Waals surface area (Å²) in [7, 11) is -2.36. The number of anilines is 1. The van der Waals surface area contributed by atoms with Crippen LogP contribution in [0.4, 0.5) is 5.69 Å². The van der Waals surface area contributed by atoms with Gasteiger partial charge in [-0.25, -0.2) is 8.42 Å². The summed E-state index contributed by atoms with van der Waals surface area (Å²) in [5, 5.41) is 3.52. The zero-order chi connectivity index (χ0) is 27.2. The fourth-order valence-corrected chi connectivity index (χ4v) is 5.14. The number of halogens is 2. The van der Waals surface area contributed by atoms with Gasteiger partial charge >= 0.3 is 0 Å². The molecule has 0 unspecified atom stereocenters. The Morgan fingerprint density at radius 1 is 0.919 bits per heavy atom. The van der Waals surface area contributed by atoms with Gasteiger partial charge in [-0.05, 0) is 47.9 Å². The van der Waals surface area contributed by atoms with E-state index < -0.39 is 28.5 Å². The Morgan fingerprint density at radius 2 is 1.54 bits per heavy atom. The molecule has 196 valence electrons. The molecule has 3 rings (SSSR count). The summed E-state index contributed by atoms with van der Waals surface area (Å²) in [6.07, 6.45) is 1.28. The van der Waals surface area contributed by atoms with Gasteiger partial charge in [-0.15, -0.1) is 0 Å². The van der Waals surface area contributed by atoms with Crippen molar-refractivity contribution in [2.75, 3.05) is 24.2 Å². The van der Waals surface area contributed by atoms with Crippen molar-refractivity contribution in [2.24, 2.45) is 0 Å². The van der Waals surface area contributed by atoms with Crippen molar-refractivity contribution >= 4 is 50.7 Å². The van der Waals surface area contributed by atoms with E-state index in [4.69, 9.17) is 23.2 Å². The minimum absolute atomic E-state index is 0.0764. The second-order valence-electron chi connectivity index (χ2n) is 8.67. The lowest BCUT2D eigenvalue weighted by Gasteiger charge is -2.33. The normalized spacial score (nSPS) is 12.0. The average Bonchev–Trinajstić information content (AvgIpc) is 2.86. The molecule has 0 bridgehead atoms. The number of hydrogen-bond donors (Lipinski definition) is 1. The van der Waals surface area contributed by atoms with Gasteiger partial charge in [-0.1, -0.05) is 71.7 Å². The fraction of sp³-hybridized carbons (Fsp3) is 0.259. The number of aryl methyl sites for hydroxylation is 1. The molecule has 37 heavy (non-hydrogen) atoms. The van der Waals surface area contributed by atoms with Crippen molar-refractivity contribution in [1.29, 1.82) is 0 Å². The van der Waals surface area contributed by atoms with E-state index in [0.717, 1.165) is 21.7 Å². The summed E-state index contributed by atoms with van der Waals surface area (Å²) in [4.78, 5) is 28.4. The number of likely N-dealkylation sites (N-methyl/N-ethyl adjacent to an activating group) is 1. The number of sulfonamides is 1. The van der Waals surface area contributed by atoms with Gasteiger partial charge in [0.1, 0.15) is 12.6 Å². The molecule has 0 radical (unpaired) electrons. The van der Waals surface area contributed by atoms with Crippen LogP contribution in [0.1, 0.15) is 16.7 Å². The van der Waals surface area contributed by atoms with E-state index in [0.29, 0.717) is 21.3 Å². The van der Waals surface area contributed by atoms with Crippen LogP contribution in [0.3, 0.4) is 0 Å². The van der Waals surface area contributed by atoms with Crippen LogP contribution in [0.5, 0.6) is 0 Å². The van der Waals surface area contributed by atoms with Crippen LogP contribution < -0.4 is 9.62 Å². The van der Waals surface area contributed by atoms with E-state index >= 15 is 0 Å². The molecule has 0 aliphatic rings. The van der Waals surface area contributed by atoms with E-state index in [9.17, 15) is 18.0 Å². The van der Waals surface area contributed by atoms with Crippen molar-refractivity contribution in [3.63, 3.8) is 0 Å². The van der Waals surface area contributed by atoms with Crippen LogP contribution in [0.2, 0.25) is 10.0 Å². The van der Waals surface area contributed by atoms with Gasteiger partial charge in [0.05, 0.1) is 11.9 Å². The van der Waals surface area contributed by atoms with E-state index in [2.05, 4.69) is 5.32 Å². The second kappa shape index (κ2) is 12.4. The molecular formula is C27H29Cl2N3O4S. The fourth-order valence-electron chi connectivity index (χ4n) is 3.95. The van der Waals surface area contributed by atoms with Crippen molar-refractivity contribution in [2.45, 2.75) is 25.9 Å². The Kier molecular flexibility index (Phi) is 9.59. The van der Waals surface area contributed by atoms with Gasteiger partial charge < -0.3 is 10.2 Å². The highest BCUT2D eigenvalue weighted by molar-refractivity contribution is 7.92. The predicted molar refractivity (Wildman–Crippen MR) is 148 cm³/mol. The van der Waals surface area contributed by atoms with E-state index in [1.54, 1.807) is 43.3 Å². The van der Waals surface area contributed by atoms with Crippen LogP contribution in [0, 0.1) is 6.92 Å². The first-order chi connectivity index (χ1) is 17.5. The summed E-state index contributed by atoms with van der Waals surface area (Å²) in [5.74, 6) is -0.903. The lowest BCUT2D eigenvalue weighted by Crippen LogP contribution is -2.53. The molecule has 0 aromatic heterocycles. The highest BCUT2D eigenvalue weighted by atomic mass is 35.5. The molecule has 0 aliphatic heterocycles. The standard InChI is InChI=1S/C27H29Cl2N3O4S/c1-19-9-12-23(29)16-24(19)32(37(3,35)36)18-26(33)31(17-21-10-13-22(28)14-11-21)25(27(34)30-2)15-20-7-5-4-6-8-20/h4-14,16,25H,15,17-18H2,1-3H3,(H,30,34)/t25-/m0/s1. The number of carbonyl (C=O) groups excluding carboxylic acids is 2. The summed E-state index contributed by atoms with van der Waals surface area (Å²) >= 11 is 12.2. The first-order valence-electron chi connectivity index (χ1n) is 11.5. The number of amides is 2. The number of nitrogens with one attached hydrogen (secondary N) is 1. The maximum Gasteiger partial charge on any atom is 0.244 e. The maximum atomic E-state index is 13.9. The third kappa shape index (κ3) is 7.71. The summed E-state index contributed by atoms with van der Waals surface area (Å²) in [6.45, 7) is 1.31. The monoisotopic (exact) mass is 561 g/mol. The van der Waals surface area contributed by atoms with Crippen LogP contribution in [0.25, 0.3) is 0 Å². The molecule has 7 nitrogen and oxygen atoms in total. The summed E-state index contributed by atoms with van der Waals surface area (Å²) in [6, 6.07) is 20.2. The maximum absolute atomic E-state index is 13.9. The predicted octanol–water partition coefficient (Wildman–Crippen LogP) is 4.45. The number of hydrogen-bond acceptors (Lipinski definition) is 4. The van der Waals surface area contributed by atoms with Gasteiger partial charge in [-0.2, -0.15) is 0 Å². The minimum atomic E-state index is -3.87. The van der Waals surface area contributed by atoms with Gasteiger partial charge in [0.25, 0.3) is 0 Å². The lowest BCUT2D eigenvalue weighted by atomic mass is 10.0. The number of carbonyl (C=O) groups is 2. The average molecular weight is 563 g/mol. The lowest BCUT2D eigenvalue weighted by molar-refractivity contribution is -0.139. The zero-order valence-corrected chi connectivity index (χ0v) is 23.1. The molecule has 2 amide bonds. The Morgan fingerprint density at radius 3 is 2.14 bits per heavy atom.